The smallest absolute Gasteiger partial charge is 0.00805 e. The maximum atomic E-state index is 5.75. The van der Waals surface area contributed by atoms with Crippen molar-refractivity contribution in [2.75, 3.05) is 6.54 Å². The van der Waals surface area contributed by atoms with E-state index in [1.165, 1.54) is 25.7 Å². The Hall–Kier alpha value is -0.340. The number of thiophene rings is 1. The third-order valence-corrected chi connectivity index (χ3v) is 3.71. The Kier molecular flexibility index (Phi) is 2.47. The predicted octanol–water partition coefficient (Wildman–Crippen LogP) is 2.52. The molecular weight excluding hydrogens is 166 g/mol. The van der Waals surface area contributed by atoms with Crippen LogP contribution in [0.25, 0.3) is 0 Å². The second-order valence-electron chi connectivity index (χ2n) is 3.48. The summed E-state index contributed by atoms with van der Waals surface area (Å²) in [7, 11) is 0. The molecule has 0 bridgehead atoms. The van der Waals surface area contributed by atoms with Gasteiger partial charge in [-0.1, -0.05) is 6.42 Å². The predicted molar refractivity (Wildman–Crippen MR) is 53.7 cm³/mol. The SMILES string of the molecule is NCC1CCCCc2sccc21. The van der Waals surface area contributed by atoms with Gasteiger partial charge in [0.15, 0.2) is 0 Å². The summed E-state index contributed by atoms with van der Waals surface area (Å²) in [6, 6.07) is 2.27. The van der Waals surface area contributed by atoms with Gasteiger partial charge >= 0.3 is 0 Å². The lowest BCUT2D eigenvalue weighted by Gasteiger charge is -2.11. The van der Waals surface area contributed by atoms with Crippen molar-refractivity contribution in [1.29, 1.82) is 0 Å². The molecule has 1 aromatic heterocycles. The van der Waals surface area contributed by atoms with E-state index in [2.05, 4.69) is 11.4 Å². The zero-order valence-electron chi connectivity index (χ0n) is 7.25. The van der Waals surface area contributed by atoms with Crippen LogP contribution in [-0.4, -0.2) is 6.54 Å². The Bertz CT molecular complexity index is 254. The molecule has 1 atom stereocenters. The highest BCUT2D eigenvalue weighted by Gasteiger charge is 2.17. The summed E-state index contributed by atoms with van der Waals surface area (Å²) in [6.07, 6.45) is 5.27. The lowest BCUT2D eigenvalue weighted by atomic mass is 9.97. The number of aryl methyl sites for hydroxylation is 1. The van der Waals surface area contributed by atoms with E-state index in [-0.39, 0.29) is 0 Å². The van der Waals surface area contributed by atoms with Crippen LogP contribution in [-0.2, 0) is 6.42 Å². The van der Waals surface area contributed by atoms with E-state index in [0.29, 0.717) is 5.92 Å². The van der Waals surface area contributed by atoms with E-state index >= 15 is 0 Å². The van der Waals surface area contributed by atoms with E-state index in [1.54, 1.807) is 10.4 Å². The minimum Gasteiger partial charge on any atom is -0.330 e. The average molecular weight is 181 g/mol. The molecule has 0 aliphatic heterocycles. The molecule has 1 nitrogen and oxygen atoms in total. The quantitative estimate of drug-likeness (QED) is 0.662. The summed E-state index contributed by atoms with van der Waals surface area (Å²) in [4.78, 5) is 1.59. The summed E-state index contributed by atoms with van der Waals surface area (Å²) in [5, 5.41) is 2.21. The Balaban J connectivity index is 2.29. The molecule has 1 heterocycles. The van der Waals surface area contributed by atoms with Gasteiger partial charge in [0.1, 0.15) is 0 Å². The third kappa shape index (κ3) is 1.41. The standard InChI is InChI=1S/C10H15NS/c11-7-8-3-1-2-4-10-9(8)5-6-12-10/h5-6,8H,1-4,7,11H2. The topological polar surface area (TPSA) is 26.0 Å². The zero-order valence-corrected chi connectivity index (χ0v) is 8.07. The van der Waals surface area contributed by atoms with Crippen molar-refractivity contribution < 1.29 is 0 Å². The fraction of sp³-hybridized carbons (Fsp3) is 0.600. The Labute approximate surface area is 77.6 Å². The fourth-order valence-corrected chi connectivity index (χ4v) is 3.01. The van der Waals surface area contributed by atoms with Crippen LogP contribution < -0.4 is 5.73 Å². The maximum absolute atomic E-state index is 5.75. The Morgan fingerprint density at radius 3 is 3.25 bits per heavy atom. The monoisotopic (exact) mass is 181 g/mol. The highest BCUT2D eigenvalue weighted by Crippen LogP contribution is 2.32. The number of hydrogen-bond acceptors (Lipinski definition) is 2. The van der Waals surface area contributed by atoms with Crippen LogP contribution in [0, 0.1) is 0 Å². The summed E-state index contributed by atoms with van der Waals surface area (Å²) in [5.74, 6) is 0.647. The van der Waals surface area contributed by atoms with Crippen molar-refractivity contribution in [3.05, 3.63) is 21.9 Å². The molecule has 12 heavy (non-hydrogen) atoms. The maximum Gasteiger partial charge on any atom is 0.00805 e. The molecule has 1 aromatic rings. The van der Waals surface area contributed by atoms with Gasteiger partial charge in [-0.2, -0.15) is 0 Å². The minimum absolute atomic E-state index is 0.647. The van der Waals surface area contributed by atoms with Gasteiger partial charge in [0.05, 0.1) is 0 Å². The number of hydrogen-bond donors (Lipinski definition) is 1. The van der Waals surface area contributed by atoms with Crippen molar-refractivity contribution >= 4 is 11.3 Å². The largest absolute Gasteiger partial charge is 0.330 e. The van der Waals surface area contributed by atoms with Gasteiger partial charge in [-0.25, -0.2) is 0 Å². The molecule has 0 radical (unpaired) electrons. The first kappa shape index (κ1) is 8.27. The van der Waals surface area contributed by atoms with E-state index < -0.39 is 0 Å². The van der Waals surface area contributed by atoms with E-state index in [4.69, 9.17) is 5.73 Å². The fourth-order valence-electron chi connectivity index (χ4n) is 1.99. The van der Waals surface area contributed by atoms with Crippen LogP contribution in [0.4, 0.5) is 0 Å². The Morgan fingerprint density at radius 1 is 1.50 bits per heavy atom. The van der Waals surface area contributed by atoms with Crippen LogP contribution in [0.1, 0.15) is 35.6 Å². The highest BCUT2D eigenvalue weighted by molar-refractivity contribution is 7.10. The van der Waals surface area contributed by atoms with Gasteiger partial charge in [-0.15, -0.1) is 11.3 Å². The first-order valence-corrected chi connectivity index (χ1v) is 5.56. The molecule has 0 spiro atoms. The molecule has 0 aromatic carbocycles. The van der Waals surface area contributed by atoms with Crippen LogP contribution in [0.5, 0.6) is 0 Å². The second-order valence-corrected chi connectivity index (χ2v) is 4.48. The van der Waals surface area contributed by atoms with Crippen LogP contribution in [0.3, 0.4) is 0 Å². The summed E-state index contributed by atoms with van der Waals surface area (Å²) >= 11 is 1.90. The van der Waals surface area contributed by atoms with Gasteiger partial charge in [0.25, 0.3) is 0 Å². The van der Waals surface area contributed by atoms with Crippen molar-refractivity contribution in [3.63, 3.8) is 0 Å². The first-order chi connectivity index (χ1) is 5.92. The van der Waals surface area contributed by atoms with Gasteiger partial charge in [-0.05, 0) is 48.7 Å². The molecule has 2 rings (SSSR count). The normalized spacial score (nSPS) is 23.2. The second kappa shape index (κ2) is 3.58. The molecule has 0 amide bonds. The van der Waals surface area contributed by atoms with Crippen LogP contribution in [0.15, 0.2) is 11.4 Å². The van der Waals surface area contributed by atoms with E-state index in [1.807, 2.05) is 11.3 Å². The molecule has 1 aliphatic rings. The molecule has 66 valence electrons. The van der Waals surface area contributed by atoms with Crippen molar-refractivity contribution in [3.8, 4) is 0 Å². The summed E-state index contributed by atoms with van der Waals surface area (Å²) in [5.41, 5.74) is 7.29. The molecule has 0 fully saturated rings. The third-order valence-electron chi connectivity index (χ3n) is 2.71. The lowest BCUT2D eigenvalue weighted by Crippen LogP contribution is -2.11. The number of nitrogens with two attached hydrogens (primary N) is 1. The summed E-state index contributed by atoms with van der Waals surface area (Å²) < 4.78 is 0. The molecule has 0 saturated heterocycles. The van der Waals surface area contributed by atoms with Crippen molar-refractivity contribution in [1.82, 2.24) is 0 Å². The van der Waals surface area contributed by atoms with Crippen molar-refractivity contribution in [2.45, 2.75) is 31.6 Å². The molecule has 0 saturated carbocycles. The molecule has 2 N–H and O–H groups in total. The van der Waals surface area contributed by atoms with Crippen LogP contribution in [0.2, 0.25) is 0 Å². The molecular formula is C10H15NS. The zero-order chi connectivity index (χ0) is 8.39. The van der Waals surface area contributed by atoms with Gasteiger partial charge in [0, 0.05) is 4.88 Å². The van der Waals surface area contributed by atoms with E-state index in [0.717, 1.165) is 6.54 Å². The summed E-state index contributed by atoms with van der Waals surface area (Å²) in [6.45, 7) is 0.823. The molecule has 2 heteroatoms. The van der Waals surface area contributed by atoms with Gasteiger partial charge < -0.3 is 5.73 Å². The molecule has 1 unspecified atom stereocenters. The Morgan fingerprint density at radius 2 is 2.42 bits per heavy atom. The van der Waals surface area contributed by atoms with Gasteiger partial charge in [-0.3, -0.25) is 0 Å². The number of fused-ring (bicyclic) bond motifs is 1. The number of rotatable bonds is 1. The van der Waals surface area contributed by atoms with Gasteiger partial charge in [0.2, 0.25) is 0 Å². The van der Waals surface area contributed by atoms with E-state index in [9.17, 15) is 0 Å². The highest BCUT2D eigenvalue weighted by atomic mass is 32.1. The van der Waals surface area contributed by atoms with Crippen LogP contribution >= 0.6 is 11.3 Å². The minimum atomic E-state index is 0.647. The van der Waals surface area contributed by atoms with Crippen molar-refractivity contribution in [2.24, 2.45) is 5.73 Å². The lowest BCUT2D eigenvalue weighted by molar-refractivity contribution is 0.603. The first-order valence-electron chi connectivity index (χ1n) is 4.68. The molecule has 1 aliphatic carbocycles. The average Bonchev–Trinajstić information content (AvgIpc) is 2.46.